The molecule has 8 nitrogen and oxygen atoms in total. The summed E-state index contributed by atoms with van der Waals surface area (Å²) in [6, 6.07) is 5.82. The lowest BCUT2D eigenvalue weighted by molar-refractivity contribution is -0.384. The Labute approximate surface area is 145 Å². The Hall–Kier alpha value is -2.29. The molecule has 1 aromatic rings. The molecule has 1 fully saturated rings. The third-order valence-corrected chi connectivity index (χ3v) is 4.05. The zero-order valence-corrected chi connectivity index (χ0v) is 14.1. The minimum Gasteiger partial charge on any atom is -0.445 e. The number of benzene rings is 1. The van der Waals surface area contributed by atoms with Gasteiger partial charge in [-0.25, -0.2) is 4.79 Å². The first-order chi connectivity index (χ1) is 11.4. The summed E-state index contributed by atoms with van der Waals surface area (Å²) in [6.45, 7) is 0.875. The van der Waals surface area contributed by atoms with Crippen LogP contribution in [0.4, 0.5) is 10.5 Å². The number of nitrogens with zero attached hydrogens (tertiary/aromatic N) is 3. The maximum atomic E-state index is 12.1. The molecule has 1 heterocycles. The van der Waals surface area contributed by atoms with Gasteiger partial charge in [-0.3, -0.25) is 19.2 Å². The Morgan fingerprint density at radius 1 is 1.42 bits per heavy atom. The summed E-state index contributed by atoms with van der Waals surface area (Å²) < 4.78 is 6.46. The molecule has 0 aliphatic carbocycles. The predicted molar refractivity (Wildman–Crippen MR) is 89.3 cm³/mol. The smallest absolute Gasteiger partial charge is 0.410 e. The standard InChI is InChI=1S/C15H19N3O5S/c1-16(24)14(19)12-3-2-8-17(9-12)15(20)23-10-11-4-6-13(7-5-11)18(21)22/h4-7,12,24H,2-3,8-10H2,1H3/t12-/m0/s1. The number of nitro groups is 1. The molecule has 24 heavy (non-hydrogen) atoms. The summed E-state index contributed by atoms with van der Waals surface area (Å²) in [5, 5.41) is 10.6. The van der Waals surface area contributed by atoms with Gasteiger partial charge >= 0.3 is 6.09 Å². The van der Waals surface area contributed by atoms with Crippen molar-refractivity contribution in [1.29, 1.82) is 0 Å². The molecule has 2 amide bonds. The molecule has 0 N–H and O–H groups in total. The van der Waals surface area contributed by atoms with Crippen LogP contribution in [0, 0.1) is 16.0 Å². The summed E-state index contributed by atoms with van der Waals surface area (Å²) in [4.78, 5) is 35.7. The normalized spacial score (nSPS) is 17.2. The lowest BCUT2D eigenvalue weighted by Gasteiger charge is -2.32. The zero-order chi connectivity index (χ0) is 17.7. The SMILES string of the molecule is CN(S)C(=O)[C@H]1CCCN(C(=O)OCc2ccc([N+](=O)[O-])cc2)C1. The average molecular weight is 353 g/mol. The van der Waals surface area contributed by atoms with Gasteiger partial charge in [0.2, 0.25) is 5.91 Å². The van der Waals surface area contributed by atoms with Crippen molar-refractivity contribution in [3.05, 3.63) is 39.9 Å². The molecule has 0 bridgehead atoms. The van der Waals surface area contributed by atoms with Crippen molar-refractivity contribution < 1.29 is 19.2 Å². The predicted octanol–water partition coefficient (Wildman–Crippen LogP) is 2.25. The van der Waals surface area contributed by atoms with Crippen LogP contribution < -0.4 is 0 Å². The van der Waals surface area contributed by atoms with E-state index in [4.69, 9.17) is 4.74 Å². The van der Waals surface area contributed by atoms with Gasteiger partial charge < -0.3 is 9.64 Å². The van der Waals surface area contributed by atoms with Gasteiger partial charge in [0.15, 0.2) is 0 Å². The van der Waals surface area contributed by atoms with Crippen LogP contribution in [0.1, 0.15) is 18.4 Å². The molecular formula is C15H19N3O5S. The van der Waals surface area contributed by atoms with Crippen molar-refractivity contribution in [2.24, 2.45) is 5.92 Å². The van der Waals surface area contributed by atoms with Crippen LogP contribution in [0.25, 0.3) is 0 Å². The van der Waals surface area contributed by atoms with Crippen LogP contribution in [0.15, 0.2) is 24.3 Å². The molecule has 0 saturated carbocycles. The van der Waals surface area contributed by atoms with Crippen molar-refractivity contribution in [1.82, 2.24) is 9.21 Å². The maximum absolute atomic E-state index is 12.1. The van der Waals surface area contributed by atoms with Gasteiger partial charge in [0.1, 0.15) is 6.61 Å². The second-order valence-corrected chi connectivity index (χ2v) is 6.23. The number of thiol groups is 1. The molecule has 1 atom stereocenters. The van der Waals surface area contributed by atoms with Gasteiger partial charge in [-0.15, -0.1) is 0 Å². The van der Waals surface area contributed by atoms with E-state index in [1.807, 2.05) is 0 Å². The number of rotatable bonds is 4. The third kappa shape index (κ3) is 4.60. The van der Waals surface area contributed by atoms with E-state index >= 15 is 0 Å². The summed E-state index contributed by atoms with van der Waals surface area (Å²) in [6.07, 6.45) is 0.952. The highest BCUT2D eigenvalue weighted by Crippen LogP contribution is 2.20. The van der Waals surface area contributed by atoms with Crippen LogP contribution in [-0.4, -0.2) is 46.3 Å². The summed E-state index contributed by atoms with van der Waals surface area (Å²) in [7, 11) is 1.57. The van der Waals surface area contributed by atoms with Gasteiger partial charge in [-0.2, -0.15) is 0 Å². The fourth-order valence-corrected chi connectivity index (χ4v) is 2.72. The van der Waals surface area contributed by atoms with Crippen molar-refractivity contribution in [3.8, 4) is 0 Å². The monoisotopic (exact) mass is 353 g/mol. The number of non-ortho nitro benzene ring substituents is 1. The number of amides is 2. The van der Waals surface area contributed by atoms with Gasteiger partial charge in [0.05, 0.1) is 10.8 Å². The van der Waals surface area contributed by atoms with E-state index in [1.54, 1.807) is 19.2 Å². The van der Waals surface area contributed by atoms with E-state index in [0.717, 1.165) is 12.8 Å². The molecule has 0 spiro atoms. The molecule has 0 aromatic heterocycles. The van der Waals surface area contributed by atoms with Gasteiger partial charge in [0, 0.05) is 32.3 Å². The van der Waals surface area contributed by atoms with Crippen molar-refractivity contribution >= 4 is 30.5 Å². The van der Waals surface area contributed by atoms with Crippen LogP contribution in [0.5, 0.6) is 0 Å². The highest BCUT2D eigenvalue weighted by molar-refractivity contribution is 7.78. The zero-order valence-electron chi connectivity index (χ0n) is 13.3. The fourth-order valence-electron chi connectivity index (χ4n) is 2.56. The Bertz CT molecular complexity index is 620. The van der Waals surface area contributed by atoms with Crippen LogP contribution in [0.2, 0.25) is 0 Å². The Morgan fingerprint density at radius 3 is 2.67 bits per heavy atom. The number of carbonyl (C=O) groups is 2. The first-order valence-electron chi connectivity index (χ1n) is 7.50. The number of carbonyl (C=O) groups excluding carboxylic acids is 2. The van der Waals surface area contributed by atoms with Crippen LogP contribution in [0.3, 0.4) is 0 Å². The molecule has 1 saturated heterocycles. The molecule has 1 aliphatic rings. The van der Waals surface area contributed by atoms with Crippen molar-refractivity contribution in [2.75, 3.05) is 20.1 Å². The topological polar surface area (TPSA) is 93.0 Å². The van der Waals surface area contributed by atoms with E-state index in [9.17, 15) is 19.7 Å². The highest BCUT2D eigenvalue weighted by Gasteiger charge is 2.30. The second-order valence-electron chi connectivity index (χ2n) is 5.63. The Balaban J connectivity index is 1.87. The number of piperidine rings is 1. The molecule has 2 rings (SSSR count). The van der Waals surface area contributed by atoms with E-state index in [-0.39, 0.29) is 24.1 Å². The molecule has 1 aliphatic heterocycles. The lowest BCUT2D eigenvalue weighted by atomic mass is 9.97. The number of hydrogen-bond acceptors (Lipinski definition) is 6. The van der Waals surface area contributed by atoms with E-state index < -0.39 is 11.0 Å². The Kier molecular flexibility index (Phi) is 6.02. The molecule has 1 aromatic carbocycles. The molecule has 0 radical (unpaired) electrons. The largest absolute Gasteiger partial charge is 0.445 e. The first kappa shape index (κ1) is 18.1. The van der Waals surface area contributed by atoms with Crippen LogP contribution in [-0.2, 0) is 16.1 Å². The number of nitro benzene ring substituents is 1. The number of ether oxygens (including phenoxy) is 1. The van der Waals surface area contributed by atoms with Crippen LogP contribution >= 0.6 is 12.8 Å². The number of likely N-dealkylation sites (tertiary alicyclic amines) is 1. The molecule has 9 heteroatoms. The van der Waals surface area contributed by atoms with Gasteiger partial charge in [-0.1, -0.05) is 12.8 Å². The quantitative estimate of drug-likeness (QED) is 0.509. The van der Waals surface area contributed by atoms with E-state index in [0.29, 0.717) is 18.7 Å². The third-order valence-electron chi connectivity index (χ3n) is 3.86. The highest BCUT2D eigenvalue weighted by atomic mass is 32.1. The minimum atomic E-state index is -0.493. The maximum Gasteiger partial charge on any atom is 0.410 e. The van der Waals surface area contributed by atoms with Gasteiger partial charge in [-0.05, 0) is 30.5 Å². The molecule has 0 unspecified atom stereocenters. The first-order valence-corrected chi connectivity index (χ1v) is 7.90. The summed E-state index contributed by atoms with van der Waals surface area (Å²) in [5.74, 6) is -0.389. The second kappa shape index (κ2) is 8.00. The van der Waals surface area contributed by atoms with E-state index in [2.05, 4.69) is 12.8 Å². The lowest BCUT2D eigenvalue weighted by Crippen LogP contribution is -2.44. The Morgan fingerprint density at radius 2 is 2.08 bits per heavy atom. The summed E-state index contributed by atoms with van der Waals surface area (Å²) >= 11 is 4.00. The van der Waals surface area contributed by atoms with E-state index in [1.165, 1.54) is 21.3 Å². The summed E-state index contributed by atoms with van der Waals surface area (Å²) in [5.41, 5.74) is 0.645. The number of hydrogen-bond donors (Lipinski definition) is 1. The minimum absolute atomic E-state index is 0.0154. The molecule has 130 valence electrons. The molecular weight excluding hydrogens is 334 g/mol. The fraction of sp³-hybridized carbons (Fsp3) is 0.467. The average Bonchev–Trinajstić information content (AvgIpc) is 2.59. The van der Waals surface area contributed by atoms with Gasteiger partial charge in [0.25, 0.3) is 5.69 Å². The van der Waals surface area contributed by atoms with Crippen molar-refractivity contribution in [2.45, 2.75) is 19.4 Å². The van der Waals surface area contributed by atoms with Crippen molar-refractivity contribution in [3.63, 3.8) is 0 Å².